The lowest BCUT2D eigenvalue weighted by atomic mass is 9.79. The summed E-state index contributed by atoms with van der Waals surface area (Å²) in [5, 5.41) is 42.9. The quantitative estimate of drug-likeness (QED) is 0.385. The van der Waals surface area contributed by atoms with Crippen molar-refractivity contribution in [2.75, 3.05) is 6.61 Å². The number of aliphatic hydroxyl groups excluding tert-OH is 4. The van der Waals surface area contributed by atoms with Gasteiger partial charge in [-0.3, -0.25) is 4.79 Å². The largest absolute Gasteiger partial charge is 0.462 e. The zero-order chi connectivity index (χ0) is 24.7. The minimum absolute atomic E-state index is 0.0879. The second-order valence-corrected chi connectivity index (χ2v) is 8.50. The van der Waals surface area contributed by atoms with Gasteiger partial charge in [-0.05, 0) is 35.1 Å². The summed E-state index contributed by atoms with van der Waals surface area (Å²) in [5.74, 6) is -0.503. The number of ether oxygens (including phenoxy) is 3. The topological polar surface area (TPSA) is 126 Å². The van der Waals surface area contributed by atoms with Crippen LogP contribution in [0, 0.1) is 0 Å². The predicted octanol–water partition coefficient (Wildman–Crippen LogP) is 1.94. The van der Waals surface area contributed by atoms with E-state index in [4.69, 9.17) is 14.2 Å². The third kappa shape index (κ3) is 5.66. The smallest absolute Gasteiger partial charge is 0.305 e. The van der Waals surface area contributed by atoms with Crippen molar-refractivity contribution < 1.29 is 39.4 Å². The number of aryl methyl sites for hydroxylation is 1. The number of benzene rings is 2. The Kier molecular flexibility index (Phi) is 9.18. The first-order chi connectivity index (χ1) is 16.4. The van der Waals surface area contributed by atoms with Gasteiger partial charge in [0.15, 0.2) is 11.9 Å². The molecule has 186 valence electrons. The Bertz CT molecular complexity index is 931. The summed E-state index contributed by atoms with van der Waals surface area (Å²) in [5.41, 5.74) is 0.917. The van der Waals surface area contributed by atoms with Gasteiger partial charge in [0.05, 0.1) is 13.2 Å². The highest BCUT2D eigenvalue weighted by atomic mass is 16.7. The molecule has 0 aliphatic carbocycles. The molecule has 8 nitrogen and oxygen atoms in total. The van der Waals surface area contributed by atoms with E-state index in [0.717, 1.165) is 12.0 Å². The van der Waals surface area contributed by atoms with Crippen LogP contribution in [0.15, 0.2) is 48.5 Å². The third-order valence-electron chi connectivity index (χ3n) is 6.17. The van der Waals surface area contributed by atoms with Crippen LogP contribution in [0.25, 0.3) is 0 Å². The van der Waals surface area contributed by atoms with Crippen LogP contribution in [0.5, 0.6) is 0 Å². The molecule has 0 radical (unpaired) electrons. The van der Waals surface area contributed by atoms with Crippen molar-refractivity contribution in [3.8, 4) is 0 Å². The zero-order valence-corrected chi connectivity index (χ0v) is 19.6. The van der Waals surface area contributed by atoms with Crippen LogP contribution in [-0.4, -0.2) is 57.6 Å². The summed E-state index contributed by atoms with van der Waals surface area (Å²) >= 11 is 0. The molecule has 1 saturated heterocycles. The first-order valence-corrected chi connectivity index (χ1v) is 11.6. The summed E-state index contributed by atoms with van der Waals surface area (Å²) in [6, 6.07) is 14.3. The first kappa shape index (κ1) is 26.3. The molecule has 4 N–H and O–H groups in total. The number of rotatable bonds is 10. The molecule has 0 amide bonds. The van der Waals surface area contributed by atoms with E-state index >= 15 is 0 Å². The second-order valence-electron chi connectivity index (χ2n) is 8.50. The molecule has 0 spiro atoms. The Morgan fingerprint density at radius 2 is 1.71 bits per heavy atom. The van der Waals surface area contributed by atoms with Crippen molar-refractivity contribution >= 4 is 5.97 Å². The summed E-state index contributed by atoms with van der Waals surface area (Å²) in [4.78, 5) is 12.1. The first-order valence-electron chi connectivity index (χ1n) is 11.6. The molecule has 0 bridgehead atoms. The van der Waals surface area contributed by atoms with E-state index in [0.29, 0.717) is 17.5 Å². The molecule has 3 rings (SSSR count). The van der Waals surface area contributed by atoms with Gasteiger partial charge < -0.3 is 34.6 Å². The molecular weight excluding hydrogens is 440 g/mol. The minimum Gasteiger partial charge on any atom is -0.462 e. The number of aliphatic hydroxyl groups is 4. The van der Waals surface area contributed by atoms with E-state index in [1.54, 1.807) is 24.3 Å². The van der Waals surface area contributed by atoms with Gasteiger partial charge in [0.2, 0.25) is 0 Å². The van der Waals surface area contributed by atoms with Crippen molar-refractivity contribution in [1.82, 2.24) is 0 Å². The van der Waals surface area contributed by atoms with E-state index in [2.05, 4.69) is 6.92 Å². The monoisotopic (exact) mass is 474 g/mol. The van der Waals surface area contributed by atoms with Gasteiger partial charge in [-0.1, -0.05) is 62.4 Å². The number of esters is 1. The lowest BCUT2D eigenvalue weighted by Crippen LogP contribution is -2.65. The molecule has 1 fully saturated rings. The van der Waals surface area contributed by atoms with Gasteiger partial charge in [0, 0.05) is 6.42 Å². The van der Waals surface area contributed by atoms with Crippen LogP contribution >= 0.6 is 0 Å². The van der Waals surface area contributed by atoms with E-state index in [9.17, 15) is 25.2 Å². The fraction of sp³-hybridized carbons (Fsp3) is 0.500. The third-order valence-corrected chi connectivity index (χ3v) is 6.17. The van der Waals surface area contributed by atoms with Crippen LogP contribution in [0.3, 0.4) is 0 Å². The van der Waals surface area contributed by atoms with Crippen LogP contribution in [-0.2, 0) is 44.2 Å². The molecule has 5 atom stereocenters. The molecule has 0 aromatic heterocycles. The highest BCUT2D eigenvalue weighted by molar-refractivity contribution is 5.69. The zero-order valence-electron chi connectivity index (χ0n) is 19.6. The van der Waals surface area contributed by atoms with E-state index < -0.39 is 42.8 Å². The fourth-order valence-electron chi connectivity index (χ4n) is 4.18. The summed E-state index contributed by atoms with van der Waals surface area (Å²) in [6.45, 7) is 3.14. The van der Waals surface area contributed by atoms with Gasteiger partial charge >= 0.3 is 5.97 Å². The van der Waals surface area contributed by atoms with E-state index in [-0.39, 0.29) is 19.6 Å². The average molecular weight is 475 g/mol. The Balaban J connectivity index is 1.85. The molecule has 1 aliphatic rings. The van der Waals surface area contributed by atoms with Crippen LogP contribution in [0.2, 0.25) is 0 Å². The molecule has 0 saturated carbocycles. The van der Waals surface area contributed by atoms with Crippen LogP contribution in [0.4, 0.5) is 0 Å². The van der Waals surface area contributed by atoms with Gasteiger partial charge in [-0.25, -0.2) is 0 Å². The summed E-state index contributed by atoms with van der Waals surface area (Å²) in [6.07, 6.45) is -4.42. The van der Waals surface area contributed by atoms with Crippen molar-refractivity contribution in [2.24, 2.45) is 0 Å². The van der Waals surface area contributed by atoms with Crippen molar-refractivity contribution in [3.63, 3.8) is 0 Å². The number of hydrogen-bond donors (Lipinski definition) is 4. The molecule has 1 aliphatic heterocycles. The standard InChI is InChI=1S/C26H34O8/c1-3-7-21(28)33-16-26(20-9-6-5-8-19(20)14-27)24(30)22(29)23(25(31)34-26)32-15-18-12-10-17(4-2)11-13-18/h5-6,8-13,22-25,27,29-31H,3-4,7,14-16H2,1-2H3/t22-,23-,24+,25-,26+/m1/s1. The number of carbonyl (C=O) groups is 1. The van der Waals surface area contributed by atoms with Crippen molar-refractivity contribution in [2.45, 2.75) is 76.5 Å². The predicted molar refractivity (Wildman–Crippen MR) is 123 cm³/mol. The van der Waals surface area contributed by atoms with Crippen LogP contribution in [0.1, 0.15) is 48.9 Å². The van der Waals surface area contributed by atoms with Gasteiger partial charge in [0.25, 0.3) is 0 Å². The lowest BCUT2D eigenvalue weighted by Gasteiger charge is -2.48. The molecule has 2 aromatic carbocycles. The number of hydrogen-bond acceptors (Lipinski definition) is 8. The minimum atomic E-state index is -1.80. The molecular formula is C26H34O8. The molecule has 8 heteroatoms. The SMILES string of the molecule is CCCC(=O)OC[C@@]1(c2ccccc2CO)O[C@@H](O)[C@H](OCc2ccc(CC)cc2)[C@@H](O)[C@@H]1O. The molecule has 34 heavy (non-hydrogen) atoms. The van der Waals surface area contributed by atoms with Crippen LogP contribution < -0.4 is 0 Å². The molecule has 2 aromatic rings. The Hall–Kier alpha value is -2.33. The second kappa shape index (κ2) is 11.9. The summed E-state index contributed by atoms with van der Waals surface area (Å²) < 4.78 is 17.0. The molecule has 1 heterocycles. The van der Waals surface area contributed by atoms with Gasteiger partial charge in [-0.2, -0.15) is 0 Å². The van der Waals surface area contributed by atoms with Gasteiger partial charge in [0.1, 0.15) is 24.9 Å². The highest BCUT2D eigenvalue weighted by Crippen LogP contribution is 2.41. The normalized spacial score (nSPS) is 26.9. The Morgan fingerprint density at radius 3 is 2.35 bits per heavy atom. The summed E-state index contributed by atoms with van der Waals surface area (Å²) in [7, 11) is 0. The maximum Gasteiger partial charge on any atom is 0.305 e. The van der Waals surface area contributed by atoms with Crippen molar-refractivity contribution in [1.29, 1.82) is 0 Å². The number of carbonyl (C=O) groups excluding carboxylic acids is 1. The highest BCUT2D eigenvalue weighted by Gasteiger charge is 2.56. The molecule has 0 unspecified atom stereocenters. The lowest BCUT2D eigenvalue weighted by molar-refractivity contribution is -0.341. The average Bonchev–Trinajstić information content (AvgIpc) is 2.86. The fourth-order valence-corrected chi connectivity index (χ4v) is 4.18. The van der Waals surface area contributed by atoms with E-state index in [1.807, 2.05) is 31.2 Å². The van der Waals surface area contributed by atoms with Gasteiger partial charge in [-0.15, -0.1) is 0 Å². The van der Waals surface area contributed by atoms with Crippen molar-refractivity contribution in [3.05, 3.63) is 70.8 Å². The van der Waals surface area contributed by atoms with E-state index in [1.165, 1.54) is 5.56 Å². The maximum absolute atomic E-state index is 12.1. The Morgan fingerprint density at radius 1 is 1.03 bits per heavy atom. The Labute approximate surface area is 199 Å². The maximum atomic E-state index is 12.1.